The monoisotopic (exact) mass is 265 g/mol. The summed E-state index contributed by atoms with van der Waals surface area (Å²) in [4.78, 5) is 13.6. The topological polar surface area (TPSA) is 40.5 Å². The number of rotatable bonds is 3. The van der Waals surface area contributed by atoms with Gasteiger partial charge in [0.1, 0.15) is 5.82 Å². The van der Waals surface area contributed by atoms with Gasteiger partial charge in [0.2, 0.25) is 0 Å². The summed E-state index contributed by atoms with van der Waals surface area (Å²) in [5.74, 6) is -1.09. The van der Waals surface area contributed by atoms with Crippen molar-refractivity contribution < 1.29 is 14.3 Å². The van der Waals surface area contributed by atoms with Gasteiger partial charge in [-0.05, 0) is 57.9 Å². The predicted molar refractivity (Wildman–Crippen MR) is 72.9 cm³/mol. The van der Waals surface area contributed by atoms with E-state index in [1.54, 1.807) is 19.9 Å². The number of benzene rings is 1. The molecule has 4 heteroatoms. The van der Waals surface area contributed by atoms with Crippen LogP contribution in [0.25, 0.3) is 0 Å². The van der Waals surface area contributed by atoms with Crippen molar-refractivity contribution in [2.75, 3.05) is 4.90 Å². The molecule has 0 saturated carbocycles. The van der Waals surface area contributed by atoms with Gasteiger partial charge in [0.05, 0.1) is 5.41 Å². The molecule has 3 nitrogen and oxygen atoms in total. The van der Waals surface area contributed by atoms with Crippen LogP contribution in [0.15, 0.2) is 18.2 Å². The van der Waals surface area contributed by atoms with Crippen molar-refractivity contribution in [2.45, 2.75) is 46.2 Å². The van der Waals surface area contributed by atoms with Gasteiger partial charge < -0.3 is 10.0 Å². The van der Waals surface area contributed by atoms with Crippen LogP contribution < -0.4 is 4.90 Å². The van der Waals surface area contributed by atoms with Gasteiger partial charge in [-0.3, -0.25) is 4.79 Å². The number of carboxylic acid groups (broad SMARTS) is 1. The van der Waals surface area contributed by atoms with Crippen molar-refractivity contribution >= 4 is 11.7 Å². The Morgan fingerprint density at radius 3 is 2.63 bits per heavy atom. The summed E-state index contributed by atoms with van der Waals surface area (Å²) in [6, 6.07) is 4.73. The first-order valence-corrected chi connectivity index (χ1v) is 6.55. The van der Waals surface area contributed by atoms with Crippen LogP contribution in [-0.2, 0) is 11.2 Å². The Bertz CT molecular complexity index is 511. The first-order valence-electron chi connectivity index (χ1n) is 6.55. The molecule has 0 spiro atoms. The number of fused-ring (bicyclic) bond motifs is 1. The number of carboxylic acids is 1. The maximum Gasteiger partial charge on any atom is 0.311 e. The molecule has 104 valence electrons. The Morgan fingerprint density at radius 1 is 1.47 bits per heavy atom. The van der Waals surface area contributed by atoms with E-state index in [2.05, 4.69) is 4.90 Å². The Balaban J connectivity index is 2.47. The van der Waals surface area contributed by atoms with Crippen LogP contribution in [0.1, 0.15) is 33.3 Å². The average Bonchev–Trinajstić information content (AvgIpc) is 2.67. The van der Waals surface area contributed by atoms with Gasteiger partial charge in [0.25, 0.3) is 0 Å². The fourth-order valence-electron chi connectivity index (χ4n) is 2.83. The van der Waals surface area contributed by atoms with Crippen LogP contribution in [0.5, 0.6) is 0 Å². The molecule has 1 aliphatic rings. The molecule has 0 radical (unpaired) electrons. The van der Waals surface area contributed by atoms with Crippen LogP contribution in [-0.4, -0.2) is 23.2 Å². The minimum absolute atomic E-state index is 0.151. The maximum absolute atomic E-state index is 13.3. The standard InChI is InChI=1S/C15H20FNO2/c1-9(2)17-12-6-5-11(16)7-10(12)8-13(17)15(3,4)14(18)19/h5-7,9,13H,8H2,1-4H3,(H,18,19). The molecular formula is C15H20FNO2. The Labute approximate surface area is 113 Å². The van der Waals surface area contributed by atoms with E-state index in [4.69, 9.17) is 0 Å². The Kier molecular flexibility index (Phi) is 3.29. The first-order chi connectivity index (χ1) is 8.75. The van der Waals surface area contributed by atoms with E-state index >= 15 is 0 Å². The number of anilines is 1. The Morgan fingerprint density at radius 2 is 2.11 bits per heavy atom. The van der Waals surface area contributed by atoms with Gasteiger partial charge in [0, 0.05) is 17.8 Å². The molecule has 1 heterocycles. The van der Waals surface area contributed by atoms with E-state index < -0.39 is 11.4 Å². The van der Waals surface area contributed by atoms with E-state index in [-0.39, 0.29) is 17.9 Å². The van der Waals surface area contributed by atoms with Crippen molar-refractivity contribution in [2.24, 2.45) is 5.41 Å². The van der Waals surface area contributed by atoms with Crippen molar-refractivity contribution in [3.05, 3.63) is 29.6 Å². The molecule has 1 aliphatic heterocycles. The normalized spacial score (nSPS) is 18.8. The van der Waals surface area contributed by atoms with Crippen LogP contribution in [0, 0.1) is 11.2 Å². The van der Waals surface area contributed by atoms with Gasteiger partial charge in [0.15, 0.2) is 0 Å². The highest BCUT2D eigenvalue weighted by molar-refractivity contribution is 5.77. The van der Waals surface area contributed by atoms with E-state index in [9.17, 15) is 14.3 Å². The summed E-state index contributed by atoms with van der Waals surface area (Å²) < 4.78 is 13.3. The van der Waals surface area contributed by atoms with Gasteiger partial charge in [-0.15, -0.1) is 0 Å². The molecular weight excluding hydrogens is 245 g/mol. The summed E-state index contributed by atoms with van der Waals surface area (Å²) in [5, 5.41) is 9.43. The highest BCUT2D eigenvalue weighted by atomic mass is 19.1. The second kappa shape index (κ2) is 4.51. The van der Waals surface area contributed by atoms with Gasteiger partial charge in [-0.25, -0.2) is 4.39 Å². The van der Waals surface area contributed by atoms with Crippen molar-refractivity contribution in [3.63, 3.8) is 0 Å². The quantitative estimate of drug-likeness (QED) is 0.913. The van der Waals surface area contributed by atoms with Crippen molar-refractivity contribution in [1.29, 1.82) is 0 Å². The van der Waals surface area contributed by atoms with E-state index in [1.165, 1.54) is 12.1 Å². The third kappa shape index (κ3) is 2.20. The molecule has 0 aromatic heterocycles. The molecule has 1 aromatic carbocycles. The number of aliphatic carboxylic acids is 1. The lowest BCUT2D eigenvalue weighted by atomic mass is 9.82. The molecule has 0 aliphatic carbocycles. The summed E-state index contributed by atoms with van der Waals surface area (Å²) >= 11 is 0. The number of carbonyl (C=O) groups is 1. The fourth-order valence-corrected chi connectivity index (χ4v) is 2.83. The van der Waals surface area contributed by atoms with Gasteiger partial charge in [-0.1, -0.05) is 0 Å². The third-order valence-electron chi connectivity index (χ3n) is 4.01. The van der Waals surface area contributed by atoms with Crippen molar-refractivity contribution in [3.8, 4) is 0 Å². The number of hydrogen-bond donors (Lipinski definition) is 1. The van der Waals surface area contributed by atoms with Crippen LogP contribution in [0.2, 0.25) is 0 Å². The molecule has 2 rings (SSSR count). The summed E-state index contributed by atoms with van der Waals surface area (Å²) in [5.41, 5.74) is 0.975. The minimum Gasteiger partial charge on any atom is -0.481 e. The molecule has 0 saturated heterocycles. The molecule has 0 fully saturated rings. The zero-order chi connectivity index (χ0) is 14.4. The van der Waals surface area contributed by atoms with Crippen LogP contribution in [0.3, 0.4) is 0 Å². The zero-order valence-electron chi connectivity index (χ0n) is 11.8. The molecule has 1 unspecified atom stereocenters. The Hall–Kier alpha value is -1.58. The summed E-state index contributed by atoms with van der Waals surface area (Å²) in [6.45, 7) is 7.53. The van der Waals surface area contributed by atoms with Crippen LogP contribution in [0.4, 0.5) is 10.1 Å². The summed E-state index contributed by atoms with van der Waals surface area (Å²) in [7, 11) is 0. The molecule has 0 bridgehead atoms. The lowest BCUT2D eigenvalue weighted by Crippen LogP contribution is -2.50. The predicted octanol–water partition coefficient (Wildman–Crippen LogP) is 3.08. The minimum atomic E-state index is -0.875. The van der Waals surface area contributed by atoms with E-state index in [0.29, 0.717) is 6.42 Å². The summed E-state index contributed by atoms with van der Waals surface area (Å²) in [6.07, 6.45) is 0.574. The van der Waals surface area contributed by atoms with Crippen LogP contribution >= 0.6 is 0 Å². The van der Waals surface area contributed by atoms with Crippen molar-refractivity contribution in [1.82, 2.24) is 0 Å². The van der Waals surface area contributed by atoms with Gasteiger partial charge >= 0.3 is 5.97 Å². The second-order valence-corrected chi connectivity index (χ2v) is 6.02. The number of hydrogen-bond acceptors (Lipinski definition) is 2. The lowest BCUT2D eigenvalue weighted by Gasteiger charge is -2.39. The zero-order valence-corrected chi connectivity index (χ0v) is 11.8. The van der Waals surface area contributed by atoms with E-state index in [0.717, 1.165) is 11.3 Å². The molecule has 1 N–H and O–H groups in total. The fraction of sp³-hybridized carbons (Fsp3) is 0.533. The highest BCUT2D eigenvalue weighted by Crippen LogP contribution is 2.41. The molecule has 1 atom stereocenters. The number of nitrogens with zero attached hydrogens (tertiary/aromatic N) is 1. The molecule has 19 heavy (non-hydrogen) atoms. The first kappa shape index (κ1) is 13.8. The van der Waals surface area contributed by atoms with E-state index in [1.807, 2.05) is 13.8 Å². The lowest BCUT2D eigenvalue weighted by molar-refractivity contribution is -0.148. The third-order valence-corrected chi connectivity index (χ3v) is 4.01. The average molecular weight is 265 g/mol. The van der Waals surface area contributed by atoms with Gasteiger partial charge in [-0.2, -0.15) is 0 Å². The second-order valence-electron chi connectivity index (χ2n) is 6.02. The smallest absolute Gasteiger partial charge is 0.311 e. The highest BCUT2D eigenvalue weighted by Gasteiger charge is 2.45. The largest absolute Gasteiger partial charge is 0.481 e. The SMILES string of the molecule is CC(C)N1c2ccc(F)cc2CC1C(C)(C)C(=O)O. The molecule has 0 amide bonds. The number of halogens is 1. The molecule has 1 aromatic rings. The maximum atomic E-state index is 13.3.